The molecule has 2 heterocycles. The number of aromatic nitrogens is 1. The van der Waals surface area contributed by atoms with E-state index in [0.717, 1.165) is 10.5 Å². The van der Waals surface area contributed by atoms with E-state index in [-0.39, 0.29) is 23.8 Å². The number of carbonyl (C=O) groups excluding carboxylic acids is 2. The third-order valence-electron chi connectivity index (χ3n) is 5.86. The zero-order valence-corrected chi connectivity index (χ0v) is 20.2. The van der Waals surface area contributed by atoms with E-state index in [1.54, 1.807) is 30.3 Å². The Morgan fingerprint density at radius 3 is 2.44 bits per heavy atom. The first-order chi connectivity index (χ1) is 17.3. The number of carboxylic acids is 1. The molecule has 8 nitrogen and oxygen atoms in total. The first-order valence-electron chi connectivity index (χ1n) is 10.9. The highest BCUT2D eigenvalue weighted by molar-refractivity contribution is 6.39. The fraction of sp³-hybridized carbons (Fsp3) is 0.115. The number of halogens is 2. The second-order valence-corrected chi connectivity index (χ2v) is 9.07. The highest BCUT2D eigenvalue weighted by atomic mass is 35.5. The Morgan fingerprint density at radius 1 is 1.03 bits per heavy atom. The van der Waals surface area contributed by atoms with Gasteiger partial charge in [0, 0.05) is 21.5 Å². The molecular weight excluding hydrogens is 505 g/mol. The molecule has 5 rings (SSSR count). The molecule has 0 unspecified atom stereocenters. The molecular formula is C26H19Cl2N3O5. The van der Waals surface area contributed by atoms with Crippen molar-refractivity contribution in [3.05, 3.63) is 93.6 Å². The number of nitrogens with zero attached hydrogens (tertiary/aromatic N) is 2. The number of aromatic carboxylic acids is 1. The van der Waals surface area contributed by atoms with Crippen LogP contribution in [0.4, 0.5) is 10.5 Å². The summed E-state index contributed by atoms with van der Waals surface area (Å²) in [4.78, 5) is 43.0. The molecule has 1 aliphatic heterocycles. The van der Waals surface area contributed by atoms with Crippen molar-refractivity contribution in [2.75, 3.05) is 11.4 Å². The summed E-state index contributed by atoms with van der Waals surface area (Å²) >= 11 is 12.4. The predicted octanol–water partition coefficient (Wildman–Crippen LogP) is 5.72. The second-order valence-electron chi connectivity index (χ2n) is 8.23. The van der Waals surface area contributed by atoms with Crippen LogP contribution in [0.2, 0.25) is 10.0 Å². The molecule has 1 aromatic heterocycles. The Balaban J connectivity index is 1.36. The standard InChI is InChI=1S/C26H19Cl2N3O5/c27-16-10-20(28)23-19(24(25(33)34)29-21(23)11-16)12-30-13-22(32)31(26(30)35)17-6-8-18(9-7-17)36-14-15-4-2-1-3-5-15/h1-11,29H,12-14H2,(H,33,34). The smallest absolute Gasteiger partial charge is 0.352 e. The Bertz CT molecular complexity index is 1490. The predicted molar refractivity (Wildman–Crippen MR) is 136 cm³/mol. The maximum Gasteiger partial charge on any atom is 0.352 e. The van der Waals surface area contributed by atoms with Crippen LogP contribution in [0, 0.1) is 0 Å². The van der Waals surface area contributed by atoms with E-state index in [9.17, 15) is 19.5 Å². The van der Waals surface area contributed by atoms with Crippen LogP contribution in [-0.2, 0) is 17.9 Å². The van der Waals surface area contributed by atoms with Crippen molar-refractivity contribution in [1.82, 2.24) is 9.88 Å². The molecule has 36 heavy (non-hydrogen) atoms. The van der Waals surface area contributed by atoms with Crippen LogP contribution in [-0.4, -0.2) is 39.4 Å². The topological polar surface area (TPSA) is 103 Å². The first-order valence-corrected chi connectivity index (χ1v) is 11.7. The van der Waals surface area contributed by atoms with Gasteiger partial charge in [0.2, 0.25) is 0 Å². The number of rotatable bonds is 7. The van der Waals surface area contributed by atoms with Crippen LogP contribution in [0.5, 0.6) is 5.75 Å². The van der Waals surface area contributed by atoms with E-state index in [4.69, 9.17) is 27.9 Å². The molecule has 3 amide bonds. The monoisotopic (exact) mass is 523 g/mol. The number of carboxylic acid groups (broad SMARTS) is 1. The van der Waals surface area contributed by atoms with Crippen LogP contribution in [0.1, 0.15) is 21.6 Å². The van der Waals surface area contributed by atoms with Crippen molar-refractivity contribution in [3.8, 4) is 5.75 Å². The summed E-state index contributed by atoms with van der Waals surface area (Å²) in [5.74, 6) is -1.05. The quantitative estimate of drug-likeness (QED) is 0.301. The molecule has 3 aromatic carbocycles. The third kappa shape index (κ3) is 4.48. The van der Waals surface area contributed by atoms with Crippen molar-refractivity contribution in [1.29, 1.82) is 0 Å². The van der Waals surface area contributed by atoms with Crippen LogP contribution in [0.25, 0.3) is 10.9 Å². The van der Waals surface area contributed by atoms with Gasteiger partial charge in [0.25, 0.3) is 5.91 Å². The molecule has 1 aliphatic rings. The van der Waals surface area contributed by atoms with Crippen LogP contribution in [0.3, 0.4) is 0 Å². The first kappa shape index (κ1) is 23.7. The largest absolute Gasteiger partial charge is 0.489 e. The molecule has 4 aromatic rings. The fourth-order valence-electron chi connectivity index (χ4n) is 4.21. The number of anilines is 1. The number of fused-ring (bicyclic) bond motifs is 1. The number of hydrogen-bond donors (Lipinski definition) is 2. The minimum absolute atomic E-state index is 0.118. The van der Waals surface area contributed by atoms with Crippen LogP contribution < -0.4 is 9.64 Å². The summed E-state index contributed by atoms with van der Waals surface area (Å²) in [6.07, 6.45) is 0. The second kappa shape index (κ2) is 9.56. The van der Waals surface area contributed by atoms with Gasteiger partial charge in [-0.3, -0.25) is 4.79 Å². The lowest BCUT2D eigenvalue weighted by molar-refractivity contribution is -0.116. The number of H-pyrrole nitrogens is 1. The summed E-state index contributed by atoms with van der Waals surface area (Å²) < 4.78 is 5.77. The van der Waals surface area contributed by atoms with Gasteiger partial charge in [-0.2, -0.15) is 0 Å². The van der Waals surface area contributed by atoms with Crippen molar-refractivity contribution in [2.45, 2.75) is 13.2 Å². The van der Waals surface area contributed by atoms with Gasteiger partial charge in [-0.05, 0) is 42.0 Å². The summed E-state index contributed by atoms with van der Waals surface area (Å²) in [6.45, 7) is 0.0597. The van der Waals surface area contributed by atoms with Crippen molar-refractivity contribution < 1.29 is 24.2 Å². The highest BCUT2D eigenvalue weighted by Gasteiger charge is 2.38. The number of hydrogen-bond acceptors (Lipinski definition) is 4. The lowest BCUT2D eigenvalue weighted by Gasteiger charge is -2.18. The van der Waals surface area contributed by atoms with E-state index < -0.39 is 17.9 Å². The Labute approximate surface area is 215 Å². The Morgan fingerprint density at radius 2 is 1.75 bits per heavy atom. The van der Waals surface area contributed by atoms with Gasteiger partial charge in [-0.25, -0.2) is 14.5 Å². The maximum atomic E-state index is 13.2. The lowest BCUT2D eigenvalue weighted by Crippen LogP contribution is -2.33. The van der Waals surface area contributed by atoms with Gasteiger partial charge >= 0.3 is 12.0 Å². The van der Waals surface area contributed by atoms with Crippen LogP contribution >= 0.6 is 23.2 Å². The van der Waals surface area contributed by atoms with E-state index in [0.29, 0.717) is 39.5 Å². The number of imide groups is 1. The molecule has 0 radical (unpaired) electrons. The van der Waals surface area contributed by atoms with Gasteiger partial charge < -0.3 is 19.7 Å². The summed E-state index contributed by atoms with van der Waals surface area (Å²) in [7, 11) is 0. The Kier molecular flexibility index (Phi) is 6.30. The number of benzene rings is 3. The minimum atomic E-state index is -1.21. The number of aromatic amines is 1. The van der Waals surface area contributed by atoms with Gasteiger partial charge in [0.1, 0.15) is 24.6 Å². The average Bonchev–Trinajstić information content (AvgIpc) is 3.35. The SMILES string of the molecule is O=C(O)c1[nH]c2cc(Cl)cc(Cl)c2c1CN1CC(=O)N(c2ccc(OCc3ccccc3)cc2)C1=O. The molecule has 0 saturated carbocycles. The zero-order chi connectivity index (χ0) is 25.4. The van der Waals surface area contributed by atoms with Gasteiger partial charge in [-0.1, -0.05) is 53.5 Å². The van der Waals surface area contributed by atoms with Crippen LogP contribution in [0.15, 0.2) is 66.7 Å². The lowest BCUT2D eigenvalue weighted by atomic mass is 10.1. The minimum Gasteiger partial charge on any atom is -0.489 e. The normalized spacial score (nSPS) is 13.6. The molecule has 0 spiro atoms. The van der Waals surface area contributed by atoms with E-state index in [2.05, 4.69) is 4.98 Å². The number of urea groups is 1. The number of ether oxygens (including phenoxy) is 1. The van der Waals surface area contributed by atoms with E-state index >= 15 is 0 Å². The molecule has 0 bridgehead atoms. The van der Waals surface area contributed by atoms with Crippen molar-refractivity contribution >= 4 is 57.7 Å². The number of nitrogens with one attached hydrogen (secondary N) is 1. The van der Waals surface area contributed by atoms with Gasteiger partial charge in [0.15, 0.2) is 0 Å². The molecule has 10 heteroatoms. The number of carbonyl (C=O) groups is 3. The molecule has 1 saturated heterocycles. The average molecular weight is 524 g/mol. The molecule has 0 atom stereocenters. The molecule has 182 valence electrons. The highest BCUT2D eigenvalue weighted by Crippen LogP contribution is 2.34. The third-order valence-corrected chi connectivity index (χ3v) is 6.38. The van der Waals surface area contributed by atoms with E-state index in [1.165, 1.54) is 11.0 Å². The zero-order valence-electron chi connectivity index (χ0n) is 18.7. The summed E-state index contributed by atoms with van der Waals surface area (Å²) in [5.41, 5.74) is 2.02. The summed E-state index contributed by atoms with van der Waals surface area (Å²) in [6, 6.07) is 18.8. The number of amides is 3. The fourth-order valence-corrected chi connectivity index (χ4v) is 4.81. The van der Waals surface area contributed by atoms with Crippen molar-refractivity contribution in [2.24, 2.45) is 0 Å². The van der Waals surface area contributed by atoms with Crippen molar-refractivity contribution in [3.63, 3.8) is 0 Å². The van der Waals surface area contributed by atoms with E-state index in [1.807, 2.05) is 30.3 Å². The van der Waals surface area contributed by atoms with Gasteiger partial charge in [-0.15, -0.1) is 0 Å². The molecule has 2 N–H and O–H groups in total. The maximum absolute atomic E-state index is 13.2. The van der Waals surface area contributed by atoms with Gasteiger partial charge in [0.05, 0.1) is 17.3 Å². The molecule has 0 aliphatic carbocycles. The Hall–Kier alpha value is -4.01. The summed E-state index contributed by atoms with van der Waals surface area (Å²) in [5, 5.41) is 10.7. The molecule has 1 fully saturated rings.